The van der Waals surface area contributed by atoms with Crippen LogP contribution in [0, 0.1) is 18.6 Å². The monoisotopic (exact) mass is 265 g/mol. The standard InChI is InChI=1S/C15H12ClF2/c1-2-3-10-4-7-14(17)12(8-10)11-5-6-13(16)15(18)9-11/h4-9H,1-3H2. The Hall–Kier alpha value is -1.41. The molecule has 0 aromatic heterocycles. The van der Waals surface area contributed by atoms with E-state index >= 15 is 0 Å². The minimum atomic E-state index is -0.545. The summed E-state index contributed by atoms with van der Waals surface area (Å²) in [7, 11) is 0. The van der Waals surface area contributed by atoms with Gasteiger partial charge in [-0.1, -0.05) is 30.7 Å². The van der Waals surface area contributed by atoms with E-state index < -0.39 is 5.82 Å². The fraction of sp³-hybridized carbons (Fsp3) is 0.133. The molecule has 93 valence electrons. The first-order valence-electron chi connectivity index (χ1n) is 5.65. The second-order valence-electron chi connectivity index (χ2n) is 4.05. The zero-order chi connectivity index (χ0) is 13.1. The van der Waals surface area contributed by atoms with Gasteiger partial charge in [0.05, 0.1) is 5.02 Å². The maximum atomic E-state index is 13.8. The van der Waals surface area contributed by atoms with Crippen molar-refractivity contribution in [3.8, 4) is 11.1 Å². The predicted octanol–water partition coefficient (Wildman–Crippen LogP) is 5.05. The lowest BCUT2D eigenvalue weighted by Gasteiger charge is -2.07. The highest BCUT2D eigenvalue weighted by molar-refractivity contribution is 6.30. The van der Waals surface area contributed by atoms with Crippen LogP contribution in [0.5, 0.6) is 0 Å². The Bertz CT molecular complexity index is 564. The van der Waals surface area contributed by atoms with Crippen molar-refractivity contribution in [1.82, 2.24) is 0 Å². The van der Waals surface area contributed by atoms with Crippen LogP contribution in [0.1, 0.15) is 12.0 Å². The largest absolute Gasteiger partial charge is 0.206 e. The first-order chi connectivity index (χ1) is 8.61. The molecule has 2 aromatic carbocycles. The first kappa shape index (κ1) is 13.0. The molecule has 0 aliphatic rings. The van der Waals surface area contributed by atoms with E-state index in [0.717, 1.165) is 18.4 Å². The third kappa shape index (κ3) is 2.70. The van der Waals surface area contributed by atoms with Gasteiger partial charge in [0, 0.05) is 5.56 Å². The van der Waals surface area contributed by atoms with Gasteiger partial charge in [-0.15, -0.1) is 0 Å². The Balaban J connectivity index is 2.48. The minimum absolute atomic E-state index is 0.0353. The van der Waals surface area contributed by atoms with E-state index in [1.165, 1.54) is 18.2 Å². The van der Waals surface area contributed by atoms with Crippen LogP contribution in [0.2, 0.25) is 5.02 Å². The zero-order valence-corrected chi connectivity index (χ0v) is 10.5. The average Bonchev–Trinajstić information content (AvgIpc) is 2.35. The third-order valence-corrected chi connectivity index (χ3v) is 3.03. The maximum Gasteiger partial charge on any atom is 0.142 e. The molecule has 1 radical (unpaired) electrons. The molecule has 0 saturated heterocycles. The van der Waals surface area contributed by atoms with Gasteiger partial charge in [-0.25, -0.2) is 8.78 Å². The molecule has 2 rings (SSSR count). The van der Waals surface area contributed by atoms with Gasteiger partial charge < -0.3 is 0 Å². The van der Waals surface area contributed by atoms with E-state index in [0.29, 0.717) is 11.1 Å². The topological polar surface area (TPSA) is 0 Å². The molecule has 0 bridgehead atoms. The Morgan fingerprint density at radius 3 is 2.44 bits per heavy atom. The molecule has 0 saturated carbocycles. The lowest BCUT2D eigenvalue weighted by Crippen LogP contribution is -1.90. The summed E-state index contributed by atoms with van der Waals surface area (Å²) in [5.74, 6) is -0.916. The summed E-state index contributed by atoms with van der Waals surface area (Å²) >= 11 is 5.61. The van der Waals surface area contributed by atoms with Gasteiger partial charge in [0.25, 0.3) is 0 Å². The predicted molar refractivity (Wildman–Crippen MR) is 70.5 cm³/mol. The van der Waals surface area contributed by atoms with Gasteiger partial charge in [0.1, 0.15) is 11.6 Å². The van der Waals surface area contributed by atoms with Gasteiger partial charge in [-0.05, 0) is 48.2 Å². The average molecular weight is 266 g/mol. The van der Waals surface area contributed by atoms with Gasteiger partial charge in [-0.2, -0.15) is 0 Å². The summed E-state index contributed by atoms with van der Waals surface area (Å²) in [6.45, 7) is 3.76. The summed E-state index contributed by atoms with van der Waals surface area (Å²) in [4.78, 5) is 0. The molecule has 0 aliphatic carbocycles. The molecule has 3 heteroatoms. The molecular weight excluding hydrogens is 254 g/mol. The van der Waals surface area contributed by atoms with Gasteiger partial charge >= 0.3 is 0 Å². The van der Waals surface area contributed by atoms with Crippen LogP contribution >= 0.6 is 11.6 Å². The normalized spacial score (nSPS) is 10.7. The summed E-state index contributed by atoms with van der Waals surface area (Å²) in [5, 5.41) is 0.0353. The highest BCUT2D eigenvalue weighted by Gasteiger charge is 2.08. The molecule has 0 amide bonds. The lowest BCUT2D eigenvalue weighted by molar-refractivity contribution is 0.624. The van der Waals surface area contributed by atoms with Crippen LogP contribution in [0.3, 0.4) is 0 Å². The van der Waals surface area contributed by atoms with Gasteiger partial charge in [0.15, 0.2) is 0 Å². The van der Waals surface area contributed by atoms with E-state index in [4.69, 9.17) is 11.6 Å². The van der Waals surface area contributed by atoms with Crippen molar-refractivity contribution in [2.75, 3.05) is 0 Å². The molecule has 0 spiro atoms. The van der Waals surface area contributed by atoms with Crippen molar-refractivity contribution in [3.05, 3.63) is 65.5 Å². The smallest absolute Gasteiger partial charge is 0.142 e. The molecule has 2 aromatic rings. The number of benzene rings is 2. The Morgan fingerprint density at radius 2 is 1.78 bits per heavy atom. The lowest BCUT2D eigenvalue weighted by atomic mass is 10.0. The molecule has 0 nitrogen and oxygen atoms in total. The summed E-state index contributed by atoms with van der Waals surface area (Å²) in [6.07, 6.45) is 1.50. The van der Waals surface area contributed by atoms with Crippen LogP contribution in [0.4, 0.5) is 8.78 Å². The Labute approximate surface area is 110 Å². The van der Waals surface area contributed by atoms with Crippen molar-refractivity contribution < 1.29 is 8.78 Å². The summed E-state index contributed by atoms with van der Waals surface area (Å²) < 4.78 is 27.1. The Morgan fingerprint density at radius 1 is 1.00 bits per heavy atom. The molecule has 0 fully saturated rings. The van der Waals surface area contributed by atoms with Crippen molar-refractivity contribution in [2.24, 2.45) is 0 Å². The van der Waals surface area contributed by atoms with Gasteiger partial charge in [-0.3, -0.25) is 0 Å². The quantitative estimate of drug-likeness (QED) is 0.728. The minimum Gasteiger partial charge on any atom is -0.206 e. The van der Waals surface area contributed by atoms with E-state index in [1.807, 2.05) is 0 Å². The van der Waals surface area contributed by atoms with Crippen LogP contribution < -0.4 is 0 Å². The number of hydrogen-bond donors (Lipinski definition) is 0. The van der Waals surface area contributed by atoms with Crippen LogP contribution in [0.25, 0.3) is 11.1 Å². The Kier molecular flexibility index (Phi) is 3.97. The first-order valence-corrected chi connectivity index (χ1v) is 6.02. The molecule has 18 heavy (non-hydrogen) atoms. The van der Waals surface area contributed by atoms with E-state index in [-0.39, 0.29) is 10.8 Å². The van der Waals surface area contributed by atoms with Crippen molar-refractivity contribution in [2.45, 2.75) is 12.8 Å². The maximum absolute atomic E-state index is 13.8. The fourth-order valence-electron chi connectivity index (χ4n) is 1.82. The molecule has 0 heterocycles. The van der Waals surface area contributed by atoms with Crippen molar-refractivity contribution in [1.29, 1.82) is 0 Å². The number of hydrogen-bond acceptors (Lipinski definition) is 0. The van der Waals surface area contributed by atoms with E-state index in [9.17, 15) is 8.78 Å². The molecule has 0 aliphatic heterocycles. The third-order valence-electron chi connectivity index (χ3n) is 2.73. The van der Waals surface area contributed by atoms with Crippen molar-refractivity contribution in [3.63, 3.8) is 0 Å². The van der Waals surface area contributed by atoms with E-state index in [2.05, 4.69) is 6.92 Å². The molecule has 0 N–H and O–H groups in total. The SMILES string of the molecule is [CH2]CCc1ccc(F)c(-c2ccc(Cl)c(F)c2)c1. The van der Waals surface area contributed by atoms with E-state index in [1.54, 1.807) is 18.2 Å². The van der Waals surface area contributed by atoms with Crippen LogP contribution in [-0.4, -0.2) is 0 Å². The highest BCUT2D eigenvalue weighted by Crippen LogP contribution is 2.27. The molecule has 0 unspecified atom stereocenters. The summed E-state index contributed by atoms with van der Waals surface area (Å²) in [5.41, 5.74) is 1.86. The van der Waals surface area contributed by atoms with Crippen LogP contribution in [-0.2, 0) is 6.42 Å². The van der Waals surface area contributed by atoms with Gasteiger partial charge in [0.2, 0.25) is 0 Å². The second kappa shape index (κ2) is 5.49. The molecule has 0 atom stereocenters. The fourth-order valence-corrected chi connectivity index (χ4v) is 1.93. The number of aryl methyl sites for hydroxylation is 1. The second-order valence-corrected chi connectivity index (χ2v) is 4.45. The number of halogens is 3. The van der Waals surface area contributed by atoms with Crippen LogP contribution in [0.15, 0.2) is 36.4 Å². The summed E-state index contributed by atoms with van der Waals surface area (Å²) in [6, 6.07) is 9.12. The highest BCUT2D eigenvalue weighted by atomic mass is 35.5. The zero-order valence-electron chi connectivity index (χ0n) is 9.72. The molecular formula is C15H12ClF2. The van der Waals surface area contributed by atoms with Crippen molar-refractivity contribution >= 4 is 11.6 Å². The number of rotatable bonds is 3.